The molecule has 0 spiro atoms. The van der Waals surface area contributed by atoms with E-state index in [1.54, 1.807) is 22.8 Å². The van der Waals surface area contributed by atoms with Crippen LogP contribution >= 0.6 is 0 Å². The molecule has 2 heterocycles. The summed E-state index contributed by atoms with van der Waals surface area (Å²) in [4.78, 5) is 29.3. The van der Waals surface area contributed by atoms with Crippen molar-refractivity contribution in [2.75, 3.05) is 12.4 Å². The monoisotopic (exact) mass is 335 g/mol. The first-order valence-electron chi connectivity index (χ1n) is 8.12. The standard InChI is InChI=1S/C19H17N3O3/c1-25-19(24)13-7-3-5-9-15(13)20-16-10-11-22-17(16)21-14-8-4-2-6-12(14)18(22)23/h2-9,16,20H,10-11H2,1H3. The molecule has 0 bridgehead atoms. The van der Waals surface area contributed by atoms with Gasteiger partial charge in [0.15, 0.2) is 0 Å². The summed E-state index contributed by atoms with van der Waals surface area (Å²) >= 11 is 0. The molecule has 0 amide bonds. The third-order valence-electron chi connectivity index (χ3n) is 4.51. The summed E-state index contributed by atoms with van der Waals surface area (Å²) in [6.45, 7) is 0.601. The first kappa shape index (κ1) is 15.4. The maximum Gasteiger partial charge on any atom is 0.339 e. The number of rotatable bonds is 3. The van der Waals surface area contributed by atoms with E-state index >= 15 is 0 Å². The van der Waals surface area contributed by atoms with Crippen molar-refractivity contribution in [1.82, 2.24) is 9.55 Å². The van der Waals surface area contributed by atoms with Gasteiger partial charge in [-0.1, -0.05) is 24.3 Å². The normalized spacial score (nSPS) is 15.8. The van der Waals surface area contributed by atoms with Gasteiger partial charge >= 0.3 is 5.97 Å². The molecule has 1 unspecified atom stereocenters. The van der Waals surface area contributed by atoms with Crippen molar-refractivity contribution in [3.8, 4) is 0 Å². The molecule has 1 aromatic heterocycles. The molecule has 0 saturated heterocycles. The van der Waals surface area contributed by atoms with Gasteiger partial charge in [0.05, 0.1) is 29.6 Å². The lowest BCUT2D eigenvalue weighted by atomic mass is 10.1. The Morgan fingerprint density at radius 3 is 2.80 bits per heavy atom. The van der Waals surface area contributed by atoms with Crippen LogP contribution in [-0.2, 0) is 11.3 Å². The minimum atomic E-state index is -0.398. The summed E-state index contributed by atoms with van der Waals surface area (Å²) in [6, 6.07) is 14.4. The van der Waals surface area contributed by atoms with E-state index in [1.807, 2.05) is 30.3 Å². The molecule has 1 atom stereocenters. The van der Waals surface area contributed by atoms with Crippen LogP contribution < -0.4 is 10.9 Å². The average Bonchev–Trinajstić information content (AvgIpc) is 3.05. The number of hydrogen-bond donors (Lipinski definition) is 1. The van der Waals surface area contributed by atoms with Gasteiger partial charge in [-0.15, -0.1) is 0 Å². The molecule has 0 radical (unpaired) electrons. The summed E-state index contributed by atoms with van der Waals surface area (Å²) in [6.07, 6.45) is 0.730. The fourth-order valence-corrected chi connectivity index (χ4v) is 3.28. The predicted molar refractivity (Wildman–Crippen MR) is 94.8 cm³/mol. The van der Waals surface area contributed by atoms with Crippen molar-refractivity contribution < 1.29 is 9.53 Å². The highest BCUT2D eigenvalue weighted by atomic mass is 16.5. The van der Waals surface area contributed by atoms with Crippen LogP contribution in [0.3, 0.4) is 0 Å². The molecule has 1 aliphatic rings. The molecule has 25 heavy (non-hydrogen) atoms. The Kier molecular flexibility index (Phi) is 3.72. The molecule has 6 nitrogen and oxygen atoms in total. The molecule has 126 valence electrons. The van der Waals surface area contributed by atoms with Crippen molar-refractivity contribution in [3.05, 3.63) is 70.3 Å². The first-order valence-corrected chi connectivity index (χ1v) is 8.12. The number of fused-ring (bicyclic) bond motifs is 2. The van der Waals surface area contributed by atoms with Crippen LogP contribution in [0.5, 0.6) is 0 Å². The van der Waals surface area contributed by atoms with Gasteiger partial charge < -0.3 is 10.1 Å². The predicted octanol–water partition coefficient (Wildman–Crippen LogP) is 2.74. The maximum absolute atomic E-state index is 12.7. The molecule has 4 rings (SSSR count). The van der Waals surface area contributed by atoms with Crippen LogP contribution in [0.25, 0.3) is 10.9 Å². The Balaban J connectivity index is 1.75. The number of methoxy groups -OCH3 is 1. The van der Waals surface area contributed by atoms with Crippen molar-refractivity contribution in [2.45, 2.75) is 19.0 Å². The second kappa shape index (κ2) is 6.05. The number of anilines is 1. The third kappa shape index (κ3) is 2.55. The van der Waals surface area contributed by atoms with Gasteiger partial charge in [0.25, 0.3) is 5.56 Å². The Labute approximate surface area is 144 Å². The van der Waals surface area contributed by atoms with E-state index in [1.165, 1.54) is 7.11 Å². The number of nitrogens with zero attached hydrogens (tertiary/aromatic N) is 2. The van der Waals surface area contributed by atoms with Crippen LogP contribution in [0.2, 0.25) is 0 Å². The van der Waals surface area contributed by atoms with E-state index in [2.05, 4.69) is 10.3 Å². The quantitative estimate of drug-likeness (QED) is 0.745. The molecule has 2 aromatic carbocycles. The number of nitrogens with one attached hydrogen (secondary N) is 1. The second-order valence-corrected chi connectivity index (χ2v) is 5.97. The van der Waals surface area contributed by atoms with Crippen molar-refractivity contribution in [1.29, 1.82) is 0 Å². The van der Waals surface area contributed by atoms with Gasteiger partial charge in [-0.3, -0.25) is 9.36 Å². The van der Waals surface area contributed by atoms with E-state index in [-0.39, 0.29) is 11.6 Å². The van der Waals surface area contributed by atoms with Gasteiger partial charge in [-0.25, -0.2) is 9.78 Å². The summed E-state index contributed by atoms with van der Waals surface area (Å²) in [7, 11) is 1.36. The SMILES string of the molecule is COC(=O)c1ccccc1NC1CCn2c1nc1ccccc1c2=O. The third-order valence-corrected chi connectivity index (χ3v) is 4.51. The van der Waals surface area contributed by atoms with Crippen molar-refractivity contribution >= 4 is 22.6 Å². The van der Waals surface area contributed by atoms with E-state index in [9.17, 15) is 9.59 Å². The Hall–Kier alpha value is -3.15. The zero-order chi connectivity index (χ0) is 17.4. The summed E-state index contributed by atoms with van der Waals surface area (Å²) in [5.74, 6) is 0.299. The molecule has 0 aliphatic carbocycles. The lowest BCUT2D eigenvalue weighted by Crippen LogP contribution is -2.22. The van der Waals surface area contributed by atoms with Gasteiger partial charge in [0.2, 0.25) is 0 Å². The fourth-order valence-electron chi connectivity index (χ4n) is 3.28. The largest absolute Gasteiger partial charge is 0.465 e. The molecule has 0 saturated carbocycles. The van der Waals surface area contributed by atoms with E-state index in [4.69, 9.17) is 4.74 Å². The number of para-hydroxylation sites is 2. The zero-order valence-electron chi connectivity index (χ0n) is 13.7. The number of ether oxygens (including phenoxy) is 1. The minimum Gasteiger partial charge on any atom is -0.465 e. The van der Waals surface area contributed by atoms with Crippen molar-refractivity contribution in [3.63, 3.8) is 0 Å². The first-order chi connectivity index (χ1) is 12.2. The highest BCUT2D eigenvalue weighted by molar-refractivity contribution is 5.95. The molecular weight excluding hydrogens is 318 g/mol. The Bertz CT molecular complexity index is 1030. The van der Waals surface area contributed by atoms with Gasteiger partial charge in [-0.2, -0.15) is 0 Å². The van der Waals surface area contributed by atoms with Crippen LogP contribution in [0, 0.1) is 0 Å². The molecular formula is C19H17N3O3. The molecule has 3 aromatic rings. The average molecular weight is 335 g/mol. The number of hydrogen-bond acceptors (Lipinski definition) is 5. The van der Waals surface area contributed by atoms with Crippen LogP contribution in [0.15, 0.2) is 53.3 Å². The number of carbonyl (C=O) groups is 1. The van der Waals surface area contributed by atoms with Gasteiger partial charge in [0.1, 0.15) is 5.82 Å². The molecule has 6 heteroatoms. The summed E-state index contributed by atoms with van der Waals surface area (Å²) < 4.78 is 6.55. The van der Waals surface area contributed by atoms with E-state index in [0.717, 1.165) is 6.42 Å². The van der Waals surface area contributed by atoms with Gasteiger partial charge in [-0.05, 0) is 30.7 Å². The maximum atomic E-state index is 12.7. The lowest BCUT2D eigenvalue weighted by Gasteiger charge is -2.16. The van der Waals surface area contributed by atoms with Crippen molar-refractivity contribution in [2.24, 2.45) is 0 Å². The van der Waals surface area contributed by atoms with Crippen LogP contribution in [0.1, 0.15) is 28.6 Å². The van der Waals surface area contributed by atoms with Gasteiger partial charge in [0, 0.05) is 12.2 Å². The highest BCUT2D eigenvalue weighted by Gasteiger charge is 2.27. The Morgan fingerprint density at radius 1 is 1.20 bits per heavy atom. The van der Waals surface area contributed by atoms with Crippen LogP contribution in [0.4, 0.5) is 5.69 Å². The number of aromatic nitrogens is 2. The minimum absolute atomic E-state index is 0.0221. The molecule has 0 fully saturated rings. The van der Waals surface area contributed by atoms with Crippen LogP contribution in [-0.4, -0.2) is 22.6 Å². The molecule has 1 N–H and O–H groups in total. The number of esters is 1. The number of benzene rings is 2. The summed E-state index contributed by atoms with van der Waals surface area (Å²) in [5, 5.41) is 3.98. The topological polar surface area (TPSA) is 73.2 Å². The fraction of sp³-hybridized carbons (Fsp3) is 0.211. The van der Waals surface area contributed by atoms with E-state index in [0.29, 0.717) is 34.5 Å². The lowest BCUT2D eigenvalue weighted by molar-refractivity contribution is 0.0602. The highest BCUT2D eigenvalue weighted by Crippen LogP contribution is 2.29. The molecule has 1 aliphatic heterocycles. The number of carbonyl (C=O) groups excluding carboxylic acids is 1. The zero-order valence-corrected chi connectivity index (χ0v) is 13.7. The smallest absolute Gasteiger partial charge is 0.339 e. The Morgan fingerprint density at radius 2 is 1.96 bits per heavy atom. The second-order valence-electron chi connectivity index (χ2n) is 5.97. The van der Waals surface area contributed by atoms with E-state index < -0.39 is 5.97 Å². The summed E-state index contributed by atoms with van der Waals surface area (Å²) in [5.41, 5.74) is 1.81.